The summed E-state index contributed by atoms with van der Waals surface area (Å²) in [5, 5.41) is 18.5. The number of nitrogens with zero attached hydrogens (tertiary/aromatic N) is 2. The highest BCUT2D eigenvalue weighted by Gasteiger charge is 2.12. The summed E-state index contributed by atoms with van der Waals surface area (Å²) in [6, 6.07) is 12.3. The normalized spacial score (nSPS) is 10.9. The van der Waals surface area contributed by atoms with Crippen molar-refractivity contribution in [1.82, 2.24) is 5.43 Å². The molecule has 0 bridgehead atoms. The van der Waals surface area contributed by atoms with Crippen molar-refractivity contribution in [2.24, 2.45) is 5.10 Å². The third-order valence-corrected chi connectivity index (χ3v) is 3.70. The Morgan fingerprint density at radius 2 is 2.00 bits per heavy atom. The number of para-hydroxylation sites is 2. The molecule has 0 spiro atoms. The molecule has 0 saturated carbocycles. The quantitative estimate of drug-likeness (QED) is 0.367. The fourth-order valence-electron chi connectivity index (χ4n) is 2.13. The van der Waals surface area contributed by atoms with Crippen LogP contribution in [0.2, 0.25) is 0 Å². The maximum atomic E-state index is 11.0. The Labute approximate surface area is 150 Å². The standard InChI is InChI=1S/C17H18N4O3S/c1-11-8-9-13(10-15(11)21(22)23)12(2)19-20-17(25)18-14-6-4-5-7-16(14)24-3/h4-10H,1-3H3,(H2,18,20,25)/b19-12-. The second-order valence-corrected chi connectivity index (χ2v) is 5.63. The molecule has 0 aliphatic heterocycles. The molecule has 25 heavy (non-hydrogen) atoms. The van der Waals surface area contributed by atoms with Gasteiger partial charge in [-0.25, -0.2) is 0 Å². The second kappa shape index (κ2) is 8.20. The van der Waals surface area contributed by atoms with Gasteiger partial charge < -0.3 is 10.1 Å². The van der Waals surface area contributed by atoms with Gasteiger partial charge in [-0.1, -0.05) is 24.3 Å². The molecule has 0 amide bonds. The van der Waals surface area contributed by atoms with Gasteiger partial charge >= 0.3 is 0 Å². The van der Waals surface area contributed by atoms with Crippen LogP contribution in [0.25, 0.3) is 0 Å². The van der Waals surface area contributed by atoms with E-state index in [-0.39, 0.29) is 10.8 Å². The van der Waals surface area contributed by atoms with E-state index in [4.69, 9.17) is 17.0 Å². The minimum Gasteiger partial charge on any atom is -0.495 e. The molecule has 0 radical (unpaired) electrons. The van der Waals surface area contributed by atoms with Gasteiger partial charge in [-0.3, -0.25) is 15.5 Å². The first-order chi connectivity index (χ1) is 11.9. The zero-order chi connectivity index (χ0) is 18.4. The molecule has 8 heteroatoms. The van der Waals surface area contributed by atoms with E-state index in [1.165, 1.54) is 6.07 Å². The number of hydrogen-bond donors (Lipinski definition) is 2. The van der Waals surface area contributed by atoms with Crippen LogP contribution in [-0.4, -0.2) is 22.9 Å². The summed E-state index contributed by atoms with van der Waals surface area (Å²) >= 11 is 5.21. The minimum absolute atomic E-state index is 0.0572. The van der Waals surface area contributed by atoms with Gasteiger partial charge in [0.15, 0.2) is 5.11 Å². The fourth-order valence-corrected chi connectivity index (χ4v) is 2.28. The number of hydrazone groups is 1. The van der Waals surface area contributed by atoms with Crippen molar-refractivity contribution in [2.75, 3.05) is 12.4 Å². The van der Waals surface area contributed by atoms with E-state index in [9.17, 15) is 10.1 Å². The van der Waals surface area contributed by atoms with E-state index in [1.807, 2.05) is 24.3 Å². The van der Waals surface area contributed by atoms with Crippen LogP contribution in [0.3, 0.4) is 0 Å². The van der Waals surface area contributed by atoms with Gasteiger partial charge in [0.25, 0.3) is 5.69 Å². The minimum atomic E-state index is -0.409. The van der Waals surface area contributed by atoms with Gasteiger partial charge in [-0.15, -0.1) is 0 Å². The van der Waals surface area contributed by atoms with Crippen LogP contribution in [-0.2, 0) is 0 Å². The summed E-state index contributed by atoms with van der Waals surface area (Å²) in [4.78, 5) is 10.6. The lowest BCUT2D eigenvalue weighted by Gasteiger charge is -2.11. The van der Waals surface area contributed by atoms with Crippen molar-refractivity contribution in [2.45, 2.75) is 13.8 Å². The number of nitro benzene ring substituents is 1. The number of rotatable bonds is 5. The first-order valence-electron chi connectivity index (χ1n) is 7.42. The summed E-state index contributed by atoms with van der Waals surface area (Å²) in [6.07, 6.45) is 0. The van der Waals surface area contributed by atoms with Crippen molar-refractivity contribution in [3.63, 3.8) is 0 Å². The topological polar surface area (TPSA) is 88.8 Å². The van der Waals surface area contributed by atoms with E-state index in [0.29, 0.717) is 28.3 Å². The van der Waals surface area contributed by atoms with E-state index in [0.717, 1.165) is 0 Å². The molecule has 0 aromatic heterocycles. The lowest BCUT2D eigenvalue weighted by molar-refractivity contribution is -0.385. The first kappa shape index (κ1) is 18.3. The predicted molar refractivity (Wildman–Crippen MR) is 102 cm³/mol. The molecular formula is C17H18N4O3S. The van der Waals surface area contributed by atoms with Gasteiger partial charge in [0.1, 0.15) is 5.75 Å². The Hall–Kier alpha value is -3.00. The third kappa shape index (κ3) is 4.74. The molecule has 2 N–H and O–H groups in total. The first-order valence-corrected chi connectivity index (χ1v) is 7.83. The summed E-state index contributed by atoms with van der Waals surface area (Å²) in [5.74, 6) is 0.654. The van der Waals surface area contributed by atoms with Gasteiger partial charge in [0.2, 0.25) is 0 Å². The summed E-state index contributed by atoms with van der Waals surface area (Å²) in [5.41, 5.74) is 5.31. The zero-order valence-electron chi connectivity index (χ0n) is 14.1. The highest BCUT2D eigenvalue weighted by Crippen LogP contribution is 2.23. The molecule has 0 unspecified atom stereocenters. The van der Waals surface area contributed by atoms with E-state index >= 15 is 0 Å². The molecule has 0 atom stereocenters. The number of nitro groups is 1. The van der Waals surface area contributed by atoms with Crippen molar-refractivity contribution in [3.8, 4) is 5.75 Å². The Balaban J connectivity index is 2.09. The highest BCUT2D eigenvalue weighted by molar-refractivity contribution is 7.80. The fraction of sp³-hybridized carbons (Fsp3) is 0.176. The average molecular weight is 358 g/mol. The third-order valence-electron chi connectivity index (χ3n) is 3.50. The monoisotopic (exact) mass is 358 g/mol. The van der Waals surface area contributed by atoms with Gasteiger partial charge in [-0.05, 0) is 38.2 Å². The molecule has 0 aliphatic rings. The maximum Gasteiger partial charge on any atom is 0.272 e. The number of nitrogens with one attached hydrogen (secondary N) is 2. The Kier molecular flexibility index (Phi) is 6.02. The molecular weight excluding hydrogens is 340 g/mol. The SMILES string of the molecule is COc1ccccc1NC(=S)N/N=C(/C)c1ccc(C)c([N+](=O)[O-])c1. The molecule has 0 heterocycles. The van der Waals surface area contributed by atoms with Crippen molar-refractivity contribution >= 4 is 34.4 Å². The summed E-state index contributed by atoms with van der Waals surface area (Å²) < 4.78 is 5.24. The molecule has 2 rings (SSSR count). The smallest absolute Gasteiger partial charge is 0.272 e. The molecule has 0 saturated heterocycles. The second-order valence-electron chi connectivity index (χ2n) is 5.22. The zero-order valence-corrected chi connectivity index (χ0v) is 14.9. The summed E-state index contributed by atoms with van der Waals surface area (Å²) in [6.45, 7) is 3.44. The number of benzene rings is 2. The molecule has 0 fully saturated rings. The maximum absolute atomic E-state index is 11.0. The number of ether oxygens (including phenoxy) is 1. The lowest BCUT2D eigenvalue weighted by atomic mass is 10.1. The Bertz CT molecular complexity index is 836. The molecule has 0 aliphatic carbocycles. The van der Waals surface area contributed by atoms with E-state index < -0.39 is 4.92 Å². The van der Waals surface area contributed by atoms with Crippen LogP contribution in [0, 0.1) is 17.0 Å². The van der Waals surface area contributed by atoms with Crippen molar-refractivity contribution < 1.29 is 9.66 Å². The van der Waals surface area contributed by atoms with Crippen LogP contribution in [0.5, 0.6) is 5.75 Å². The van der Waals surface area contributed by atoms with Crippen molar-refractivity contribution in [1.29, 1.82) is 0 Å². The van der Waals surface area contributed by atoms with Crippen LogP contribution < -0.4 is 15.5 Å². The molecule has 7 nitrogen and oxygen atoms in total. The van der Waals surface area contributed by atoms with Gasteiger partial charge in [0, 0.05) is 17.2 Å². The number of hydrogen-bond acceptors (Lipinski definition) is 5. The Morgan fingerprint density at radius 1 is 1.28 bits per heavy atom. The lowest BCUT2D eigenvalue weighted by Crippen LogP contribution is -2.25. The van der Waals surface area contributed by atoms with E-state index in [1.54, 1.807) is 33.1 Å². The largest absolute Gasteiger partial charge is 0.495 e. The number of methoxy groups -OCH3 is 1. The average Bonchev–Trinajstić information content (AvgIpc) is 2.60. The van der Waals surface area contributed by atoms with Crippen LogP contribution in [0.15, 0.2) is 47.6 Å². The molecule has 130 valence electrons. The van der Waals surface area contributed by atoms with Crippen molar-refractivity contribution in [3.05, 3.63) is 63.7 Å². The van der Waals surface area contributed by atoms with E-state index in [2.05, 4.69) is 15.8 Å². The number of aryl methyl sites for hydroxylation is 1. The van der Waals surface area contributed by atoms with Crippen LogP contribution in [0.4, 0.5) is 11.4 Å². The highest BCUT2D eigenvalue weighted by atomic mass is 32.1. The number of anilines is 1. The van der Waals surface area contributed by atoms with Crippen LogP contribution >= 0.6 is 12.2 Å². The number of thiocarbonyl (C=S) groups is 1. The summed E-state index contributed by atoms with van der Waals surface area (Å²) in [7, 11) is 1.57. The Morgan fingerprint density at radius 3 is 2.68 bits per heavy atom. The van der Waals surface area contributed by atoms with Gasteiger partial charge in [-0.2, -0.15) is 5.10 Å². The van der Waals surface area contributed by atoms with Gasteiger partial charge in [0.05, 0.1) is 23.4 Å². The predicted octanol–water partition coefficient (Wildman–Crippen LogP) is 3.62. The van der Waals surface area contributed by atoms with Crippen LogP contribution in [0.1, 0.15) is 18.1 Å². The molecule has 2 aromatic carbocycles. The molecule has 2 aromatic rings.